The number of hydrogen-bond donors (Lipinski definition) is 1. The zero-order valence-corrected chi connectivity index (χ0v) is 12.9. The van der Waals surface area contributed by atoms with E-state index in [4.69, 9.17) is 4.74 Å². The Hall–Kier alpha value is -1.36. The molecule has 1 N–H and O–H groups in total. The van der Waals surface area contributed by atoms with Gasteiger partial charge in [-0.15, -0.1) is 0 Å². The molecule has 2 rings (SSSR count). The molecule has 112 valence electrons. The average Bonchev–Trinajstić information content (AvgIpc) is 2.78. The van der Waals surface area contributed by atoms with E-state index >= 15 is 0 Å². The molecule has 0 aliphatic heterocycles. The summed E-state index contributed by atoms with van der Waals surface area (Å²) in [5, 5.41) is 7.79. The van der Waals surface area contributed by atoms with Gasteiger partial charge in [0.25, 0.3) is 0 Å². The fraction of sp³-hybridized carbons (Fsp3) is 0.733. The minimum absolute atomic E-state index is 0.131. The van der Waals surface area contributed by atoms with Crippen LogP contribution in [0.3, 0.4) is 0 Å². The number of hydrogen-bond acceptors (Lipinski definition) is 4. The second kappa shape index (κ2) is 5.95. The first-order valence-corrected chi connectivity index (χ1v) is 7.41. The number of nitrogens with one attached hydrogen (secondary N) is 1. The molecule has 0 spiro atoms. The minimum atomic E-state index is -0.564. The maximum atomic E-state index is 12.3. The fourth-order valence-corrected chi connectivity index (χ4v) is 3.25. The largest absolute Gasteiger partial charge is 0.465 e. The molecule has 1 aromatic rings. The van der Waals surface area contributed by atoms with Crippen LogP contribution in [0, 0.1) is 13.8 Å². The Morgan fingerprint density at radius 2 is 2.35 bits per heavy atom. The number of rotatable bonds is 4. The molecule has 1 saturated carbocycles. The van der Waals surface area contributed by atoms with Crippen LogP contribution in [0.15, 0.2) is 6.07 Å². The molecule has 5 heteroatoms. The lowest BCUT2D eigenvalue weighted by molar-refractivity contribution is -0.153. The van der Waals surface area contributed by atoms with Crippen molar-refractivity contribution in [2.24, 2.45) is 0 Å². The molecule has 1 fully saturated rings. The number of aryl methyl sites for hydroxylation is 2. The molecule has 20 heavy (non-hydrogen) atoms. The van der Waals surface area contributed by atoms with Crippen LogP contribution in [0.5, 0.6) is 0 Å². The van der Waals surface area contributed by atoms with Crippen molar-refractivity contribution in [1.29, 1.82) is 0 Å². The molecule has 2 atom stereocenters. The first-order valence-electron chi connectivity index (χ1n) is 7.41. The van der Waals surface area contributed by atoms with Gasteiger partial charge in [-0.2, -0.15) is 5.10 Å². The average molecular weight is 279 g/mol. The monoisotopic (exact) mass is 279 g/mol. The van der Waals surface area contributed by atoms with Crippen LogP contribution in [-0.2, 0) is 9.53 Å². The molecule has 1 aliphatic carbocycles. The topological polar surface area (TPSA) is 56.1 Å². The number of ether oxygens (including phenoxy) is 1. The van der Waals surface area contributed by atoms with Gasteiger partial charge in [0, 0.05) is 5.69 Å². The first-order chi connectivity index (χ1) is 9.52. The summed E-state index contributed by atoms with van der Waals surface area (Å²) in [6.07, 6.45) is 3.63. The smallest absolute Gasteiger partial charge is 0.326 e. The SMILES string of the molecule is CCOC(=O)C1(NC)CCCC(n2nc(C)cc2C)C1. The summed E-state index contributed by atoms with van der Waals surface area (Å²) in [7, 11) is 1.85. The standard InChI is InChI=1S/C15H25N3O2/c1-5-20-14(19)15(16-4)8-6-7-13(10-15)18-12(3)9-11(2)17-18/h9,13,16H,5-8,10H2,1-4H3. The van der Waals surface area contributed by atoms with Crippen LogP contribution in [0.25, 0.3) is 0 Å². The van der Waals surface area contributed by atoms with Crippen molar-refractivity contribution in [1.82, 2.24) is 15.1 Å². The lowest BCUT2D eigenvalue weighted by atomic mass is 9.79. The predicted octanol–water partition coefficient (Wildman–Crippen LogP) is 2.14. The van der Waals surface area contributed by atoms with E-state index in [1.807, 2.05) is 20.9 Å². The number of carbonyl (C=O) groups excluding carboxylic acids is 1. The molecule has 0 saturated heterocycles. The summed E-state index contributed by atoms with van der Waals surface area (Å²) in [6.45, 7) is 6.35. The van der Waals surface area contributed by atoms with Crippen molar-refractivity contribution in [2.45, 2.75) is 58.0 Å². The molecule has 2 unspecified atom stereocenters. The maximum Gasteiger partial charge on any atom is 0.326 e. The van der Waals surface area contributed by atoms with Gasteiger partial charge in [0.2, 0.25) is 0 Å². The van der Waals surface area contributed by atoms with Crippen molar-refractivity contribution in [3.8, 4) is 0 Å². The van der Waals surface area contributed by atoms with E-state index in [-0.39, 0.29) is 12.0 Å². The third-order valence-electron chi connectivity index (χ3n) is 4.26. The molecular weight excluding hydrogens is 254 g/mol. The zero-order chi connectivity index (χ0) is 14.8. The van der Waals surface area contributed by atoms with E-state index in [1.54, 1.807) is 0 Å². The van der Waals surface area contributed by atoms with Gasteiger partial charge in [0.15, 0.2) is 0 Å². The lowest BCUT2D eigenvalue weighted by Crippen LogP contribution is -2.54. The maximum absolute atomic E-state index is 12.3. The Morgan fingerprint density at radius 3 is 2.90 bits per heavy atom. The second-order valence-electron chi connectivity index (χ2n) is 5.67. The Bertz CT molecular complexity index is 483. The molecule has 1 aliphatic rings. The Kier molecular flexibility index (Phi) is 4.48. The van der Waals surface area contributed by atoms with Gasteiger partial charge >= 0.3 is 5.97 Å². The summed E-state index contributed by atoms with van der Waals surface area (Å²) in [6, 6.07) is 2.34. The number of carbonyl (C=O) groups is 1. The van der Waals surface area contributed by atoms with E-state index in [1.165, 1.54) is 0 Å². The third-order valence-corrected chi connectivity index (χ3v) is 4.26. The summed E-state index contributed by atoms with van der Waals surface area (Å²) in [5.74, 6) is -0.131. The normalized spacial score (nSPS) is 26.5. The van der Waals surface area contributed by atoms with Gasteiger partial charge in [0.1, 0.15) is 5.54 Å². The predicted molar refractivity (Wildman–Crippen MR) is 77.6 cm³/mol. The summed E-state index contributed by atoms with van der Waals surface area (Å²) < 4.78 is 7.33. The molecule has 0 radical (unpaired) electrons. The molecule has 1 heterocycles. The van der Waals surface area contributed by atoms with Crippen LogP contribution in [0.4, 0.5) is 0 Å². The summed E-state index contributed by atoms with van der Waals surface area (Å²) in [4.78, 5) is 12.3. The molecule has 1 aromatic heterocycles. The van der Waals surface area contributed by atoms with Crippen LogP contribution >= 0.6 is 0 Å². The Labute approximate surface area is 120 Å². The molecule has 5 nitrogen and oxygen atoms in total. The highest BCUT2D eigenvalue weighted by atomic mass is 16.5. The van der Waals surface area contributed by atoms with Crippen LogP contribution in [0.1, 0.15) is 50.0 Å². The van der Waals surface area contributed by atoms with Gasteiger partial charge in [-0.05, 0) is 59.6 Å². The zero-order valence-electron chi connectivity index (χ0n) is 12.9. The number of esters is 1. The van der Waals surface area contributed by atoms with Crippen molar-refractivity contribution in [3.05, 3.63) is 17.5 Å². The van der Waals surface area contributed by atoms with Crippen LogP contribution in [0.2, 0.25) is 0 Å². The molecule has 0 amide bonds. The quantitative estimate of drug-likeness (QED) is 0.858. The van der Waals surface area contributed by atoms with Crippen molar-refractivity contribution in [3.63, 3.8) is 0 Å². The van der Waals surface area contributed by atoms with E-state index in [0.717, 1.165) is 37.1 Å². The lowest BCUT2D eigenvalue weighted by Gasteiger charge is -2.39. The third kappa shape index (κ3) is 2.73. The van der Waals surface area contributed by atoms with Gasteiger partial charge in [-0.3, -0.25) is 9.48 Å². The second-order valence-corrected chi connectivity index (χ2v) is 5.67. The minimum Gasteiger partial charge on any atom is -0.465 e. The number of nitrogens with zero attached hydrogens (tertiary/aromatic N) is 2. The number of aromatic nitrogens is 2. The van der Waals surface area contributed by atoms with Gasteiger partial charge in [-0.25, -0.2) is 0 Å². The van der Waals surface area contributed by atoms with Crippen molar-refractivity contribution >= 4 is 5.97 Å². The van der Waals surface area contributed by atoms with Crippen molar-refractivity contribution in [2.75, 3.05) is 13.7 Å². The Balaban J connectivity index is 2.22. The highest BCUT2D eigenvalue weighted by Crippen LogP contribution is 2.36. The van der Waals surface area contributed by atoms with E-state index in [0.29, 0.717) is 6.61 Å². The van der Waals surface area contributed by atoms with E-state index in [2.05, 4.69) is 28.1 Å². The van der Waals surface area contributed by atoms with Crippen molar-refractivity contribution < 1.29 is 9.53 Å². The van der Waals surface area contributed by atoms with Crippen LogP contribution in [-0.4, -0.2) is 34.9 Å². The fourth-order valence-electron chi connectivity index (χ4n) is 3.25. The Morgan fingerprint density at radius 1 is 1.60 bits per heavy atom. The summed E-state index contributed by atoms with van der Waals surface area (Å²) >= 11 is 0. The van der Waals surface area contributed by atoms with E-state index in [9.17, 15) is 4.79 Å². The van der Waals surface area contributed by atoms with Crippen LogP contribution < -0.4 is 5.32 Å². The van der Waals surface area contributed by atoms with Gasteiger partial charge in [-0.1, -0.05) is 0 Å². The first kappa shape index (κ1) is 15.0. The molecular formula is C15H25N3O2. The highest BCUT2D eigenvalue weighted by molar-refractivity contribution is 5.81. The highest BCUT2D eigenvalue weighted by Gasteiger charge is 2.43. The molecule has 0 aromatic carbocycles. The van der Waals surface area contributed by atoms with Gasteiger partial charge < -0.3 is 10.1 Å². The van der Waals surface area contributed by atoms with E-state index < -0.39 is 5.54 Å². The van der Waals surface area contributed by atoms with Gasteiger partial charge in [0.05, 0.1) is 18.3 Å². The summed E-state index contributed by atoms with van der Waals surface area (Å²) in [5.41, 5.74) is 1.62. The number of likely N-dealkylation sites (N-methyl/N-ethyl adjacent to an activating group) is 1. The molecule has 0 bridgehead atoms.